The van der Waals surface area contributed by atoms with Crippen molar-refractivity contribution in [3.63, 3.8) is 0 Å². The Morgan fingerprint density at radius 2 is 2.25 bits per heavy atom. The van der Waals surface area contributed by atoms with Crippen molar-refractivity contribution in [1.82, 2.24) is 5.32 Å². The molecule has 1 unspecified atom stereocenters. The summed E-state index contributed by atoms with van der Waals surface area (Å²) < 4.78 is 30.0. The smallest absolute Gasteiger partial charge is 0.151 e. The Morgan fingerprint density at radius 1 is 1.40 bits per heavy atom. The van der Waals surface area contributed by atoms with Gasteiger partial charge in [0.05, 0.1) is 18.1 Å². The van der Waals surface area contributed by atoms with Gasteiger partial charge >= 0.3 is 0 Å². The van der Waals surface area contributed by atoms with Gasteiger partial charge in [0.15, 0.2) is 9.84 Å². The van der Waals surface area contributed by atoms with Gasteiger partial charge in [0.2, 0.25) is 0 Å². The van der Waals surface area contributed by atoms with Crippen LogP contribution in [0.15, 0.2) is 16.6 Å². The third-order valence-corrected chi connectivity index (χ3v) is 6.15. The zero-order chi connectivity index (χ0) is 14.2. The number of fused-ring (bicyclic) bond motifs is 1. The Bertz CT molecular complexity index is 615. The van der Waals surface area contributed by atoms with Crippen LogP contribution >= 0.6 is 15.9 Å². The van der Waals surface area contributed by atoms with Crippen LogP contribution in [-0.2, 0) is 22.8 Å². The van der Waals surface area contributed by atoms with Crippen LogP contribution in [0.3, 0.4) is 0 Å². The number of ether oxygens (including phenoxy) is 1. The minimum Gasteiger partial charge on any atom is -0.493 e. The molecule has 1 saturated heterocycles. The third kappa shape index (κ3) is 3.18. The van der Waals surface area contributed by atoms with Crippen molar-refractivity contribution in [2.75, 3.05) is 18.1 Å². The molecule has 1 fully saturated rings. The highest BCUT2D eigenvalue weighted by atomic mass is 79.9. The zero-order valence-electron chi connectivity index (χ0n) is 11.2. The fraction of sp³-hybridized carbons (Fsp3) is 0.571. The summed E-state index contributed by atoms with van der Waals surface area (Å²) in [5.74, 6) is 1.56. The topological polar surface area (TPSA) is 55.4 Å². The van der Waals surface area contributed by atoms with Gasteiger partial charge in [0, 0.05) is 29.0 Å². The van der Waals surface area contributed by atoms with Gasteiger partial charge in [0.25, 0.3) is 0 Å². The summed E-state index contributed by atoms with van der Waals surface area (Å²) in [5.41, 5.74) is 2.34. The summed E-state index contributed by atoms with van der Waals surface area (Å²) in [6.07, 6.45) is 2.63. The predicted octanol–water partition coefficient (Wildman–Crippen LogP) is 2.05. The van der Waals surface area contributed by atoms with E-state index in [1.165, 1.54) is 5.56 Å². The first-order valence-electron chi connectivity index (χ1n) is 6.91. The van der Waals surface area contributed by atoms with E-state index in [9.17, 15) is 8.42 Å². The van der Waals surface area contributed by atoms with Crippen LogP contribution in [0.5, 0.6) is 5.75 Å². The number of rotatable bonds is 3. The molecule has 3 rings (SSSR count). The molecule has 1 aromatic carbocycles. The first-order chi connectivity index (χ1) is 9.53. The Morgan fingerprint density at radius 3 is 3.05 bits per heavy atom. The van der Waals surface area contributed by atoms with Gasteiger partial charge in [-0.25, -0.2) is 8.42 Å². The molecule has 1 atom stereocenters. The monoisotopic (exact) mass is 359 g/mol. The van der Waals surface area contributed by atoms with E-state index in [2.05, 4.69) is 33.4 Å². The van der Waals surface area contributed by atoms with Crippen molar-refractivity contribution in [2.45, 2.75) is 31.8 Å². The minimum absolute atomic E-state index is 0.0600. The molecule has 20 heavy (non-hydrogen) atoms. The van der Waals surface area contributed by atoms with E-state index in [-0.39, 0.29) is 11.8 Å². The molecule has 0 radical (unpaired) electrons. The number of benzene rings is 1. The van der Waals surface area contributed by atoms with Crippen LogP contribution in [-0.4, -0.2) is 32.6 Å². The van der Waals surface area contributed by atoms with Crippen molar-refractivity contribution in [3.05, 3.63) is 27.7 Å². The largest absolute Gasteiger partial charge is 0.493 e. The Kier molecular flexibility index (Phi) is 4.06. The number of sulfone groups is 1. The number of halogens is 1. The van der Waals surface area contributed by atoms with Crippen molar-refractivity contribution < 1.29 is 13.2 Å². The van der Waals surface area contributed by atoms with Crippen molar-refractivity contribution in [3.8, 4) is 5.75 Å². The quantitative estimate of drug-likeness (QED) is 0.897. The summed E-state index contributed by atoms with van der Waals surface area (Å²) in [6, 6.07) is 4.20. The standard InChI is InChI=1S/C14H18BrNO3S/c15-12-6-10-3-4-19-14(10)11(7-12)8-16-13-2-1-5-20(17,18)9-13/h6-7,13,16H,1-5,8-9H2. The van der Waals surface area contributed by atoms with Gasteiger partial charge < -0.3 is 10.1 Å². The number of hydrogen-bond donors (Lipinski definition) is 1. The van der Waals surface area contributed by atoms with Crippen LogP contribution in [0.1, 0.15) is 24.0 Å². The molecule has 1 N–H and O–H groups in total. The molecule has 110 valence electrons. The number of hydrogen-bond acceptors (Lipinski definition) is 4. The molecule has 0 saturated carbocycles. The van der Waals surface area contributed by atoms with Gasteiger partial charge in [-0.15, -0.1) is 0 Å². The van der Waals surface area contributed by atoms with E-state index >= 15 is 0 Å². The second-order valence-corrected chi connectivity index (χ2v) is 8.63. The van der Waals surface area contributed by atoms with Gasteiger partial charge in [-0.3, -0.25) is 0 Å². The molecule has 4 nitrogen and oxygen atoms in total. The molecule has 0 bridgehead atoms. The van der Waals surface area contributed by atoms with E-state index in [4.69, 9.17) is 4.74 Å². The average Bonchev–Trinajstić information content (AvgIpc) is 2.82. The fourth-order valence-electron chi connectivity index (χ4n) is 2.92. The van der Waals surface area contributed by atoms with E-state index in [0.717, 1.165) is 41.7 Å². The molecule has 0 aliphatic carbocycles. The lowest BCUT2D eigenvalue weighted by Crippen LogP contribution is -2.39. The predicted molar refractivity (Wildman–Crippen MR) is 81.9 cm³/mol. The SMILES string of the molecule is O=S1(=O)CCCC(NCc2cc(Br)cc3c2OCC3)C1. The highest BCUT2D eigenvalue weighted by Crippen LogP contribution is 2.33. The fourth-order valence-corrected chi connectivity index (χ4v) is 5.14. The van der Waals surface area contributed by atoms with Crippen molar-refractivity contribution in [2.24, 2.45) is 0 Å². The van der Waals surface area contributed by atoms with E-state index in [0.29, 0.717) is 12.3 Å². The lowest BCUT2D eigenvalue weighted by molar-refractivity contribution is 0.351. The second kappa shape index (κ2) is 5.66. The lowest BCUT2D eigenvalue weighted by Gasteiger charge is -2.23. The molecule has 0 spiro atoms. The molecule has 0 amide bonds. The van der Waals surface area contributed by atoms with E-state index in [1.54, 1.807) is 0 Å². The summed E-state index contributed by atoms with van der Waals surface area (Å²) in [7, 11) is -2.86. The van der Waals surface area contributed by atoms with Gasteiger partial charge in [-0.05, 0) is 30.5 Å². The van der Waals surface area contributed by atoms with Crippen LogP contribution in [0.25, 0.3) is 0 Å². The van der Waals surface area contributed by atoms with E-state index < -0.39 is 9.84 Å². The summed E-state index contributed by atoms with van der Waals surface area (Å²) in [4.78, 5) is 0. The Labute approximate surface area is 127 Å². The number of nitrogens with one attached hydrogen (secondary N) is 1. The average molecular weight is 360 g/mol. The first kappa shape index (κ1) is 14.4. The maximum Gasteiger partial charge on any atom is 0.151 e. The van der Waals surface area contributed by atoms with Gasteiger partial charge in [-0.1, -0.05) is 15.9 Å². The molecule has 6 heteroatoms. The molecule has 1 aromatic rings. The highest BCUT2D eigenvalue weighted by molar-refractivity contribution is 9.10. The van der Waals surface area contributed by atoms with Gasteiger partial charge in [-0.2, -0.15) is 0 Å². The third-order valence-electron chi connectivity index (χ3n) is 3.87. The molecule has 2 heterocycles. The van der Waals surface area contributed by atoms with Crippen molar-refractivity contribution in [1.29, 1.82) is 0 Å². The van der Waals surface area contributed by atoms with Crippen LogP contribution < -0.4 is 10.1 Å². The first-order valence-corrected chi connectivity index (χ1v) is 9.53. The lowest BCUT2D eigenvalue weighted by atomic mass is 10.1. The minimum atomic E-state index is -2.86. The molecular formula is C14H18BrNO3S. The summed E-state index contributed by atoms with van der Waals surface area (Å²) in [6.45, 7) is 1.39. The van der Waals surface area contributed by atoms with Crippen LogP contribution in [0.2, 0.25) is 0 Å². The maximum atomic E-state index is 11.6. The molecule has 0 aromatic heterocycles. The van der Waals surface area contributed by atoms with E-state index in [1.807, 2.05) is 0 Å². The van der Waals surface area contributed by atoms with Crippen molar-refractivity contribution >= 4 is 25.8 Å². The maximum absolute atomic E-state index is 11.6. The Hall–Kier alpha value is -0.590. The molecule has 2 aliphatic heterocycles. The molecular weight excluding hydrogens is 342 g/mol. The van der Waals surface area contributed by atoms with Crippen LogP contribution in [0, 0.1) is 0 Å². The Balaban J connectivity index is 1.70. The van der Waals surface area contributed by atoms with Gasteiger partial charge in [0.1, 0.15) is 5.75 Å². The second-order valence-electron chi connectivity index (χ2n) is 5.49. The zero-order valence-corrected chi connectivity index (χ0v) is 13.6. The normalized spacial score (nSPS) is 24.1. The summed E-state index contributed by atoms with van der Waals surface area (Å²) in [5, 5.41) is 3.37. The highest BCUT2D eigenvalue weighted by Gasteiger charge is 2.25. The summed E-state index contributed by atoms with van der Waals surface area (Å²) >= 11 is 3.52. The van der Waals surface area contributed by atoms with Crippen LogP contribution in [0.4, 0.5) is 0 Å². The molecule has 2 aliphatic rings.